The van der Waals surface area contributed by atoms with Gasteiger partial charge in [-0.05, 0) is 49.6 Å². The lowest BCUT2D eigenvalue weighted by atomic mass is 10.0. The van der Waals surface area contributed by atoms with Crippen LogP contribution in [0.2, 0.25) is 0 Å². The van der Waals surface area contributed by atoms with Crippen molar-refractivity contribution in [1.82, 2.24) is 4.98 Å². The van der Waals surface area contributed by atoms with Crippen LogP contribution in [0.5, 0.6) is 11.6 Å². The number of pyridine rings is 1. The quantitative estimate of drug-likeness (QED) is 0.299. The van der Waals surface area contributed by atoms with Gasteiger partial charge in [-0.15, -0.1) is 0 Å². The van der Waals surface area contributed by atoms with E-state index >= 15 is 0 Å². The number of nitrogens with zero attached hydrogens (tertiary/aromatic N) is 1. The van der Waals surface area contributed by atoms with Gasteiger partial charge in [-0.25, -0.2) is 4.98 Å². The van der Waals surface area contributed by atoms with Crippen LogP contribution in [0, 0.1) is 0 Å². The molecule has 164 valence electrons. The molecular weight excluding hydrogens is 370 g/mol. The van der Waals surface area contributed by atoms with Gasteiger partial charge in [-0.2, -0.15) is 0 Å². The molecule has 3 nitrogen and oxygen atoms in total. The SMILES string of the molecule is CCCCCCCCOc1ccc(-c2ccc3c(n2)O[C@H](CCCCCC)C3)cc1. The topological polar surface area (TPSA) is 31.4 Å². The second-order valence-corrected chi connectivity index (χ2v) is 8.59. The van der Waals surface area contributed by atoms with Gasteiger partial charge in [0.2, 0.25) is 5.88 Å². The van der Waals surface area contributed by atoms with E-state index in [-0.39, 0.29) is 0 Å². The van der Waals surface area contributed by atoms with Gasteiger partial charge in [-0.3, -0.25) is 0 Å². The van der Waals surface area contributed by atoms with E-state index in [9.17, 15) is 0 Å². The molecular formula is C27H39NO2. The van der Waals surface area contributed by atoms with Gasteiger partial charge in [0, 0.05) is 17.5 Å². The smallest absolute Gasteiger partial charge is 0.217 e. The first-order valence-electron chi connectivity index (χ1n) is 12.2. The number of ether oxygens (including phenoxy) is 2. The fourth-order valence-electron chi connectivity index (χ4n) is 4.09. The highest BCUT2D eigenvalue weighted by molar-refractivity contribution is 5.61. The van der Waals surface area contributed by atoms with Crippen molar-refractivity contribution in [3.05, 3.63) is 42.0 Å². The fourth-order valence-corrected chi connectivity index (χ4v) is 4.09. The number of hydrogen-bond acceptors (Lipinski definition) is 3. The average Bonchev–Trinajstić information content (AvgIpc) is 3.18. The molecule has 0 radical (unpaired) electrons. The highest BCUT2D eigenvalue weighted by Crippen LogP contribution is 2.32. The molecule has 0 aliphatic carbocycles. The van der Waals surface area contributed by atoms with Crippen molar-refractivity contribution in [3.63, 3.8) is 0 Å². The molecule has 2 heterocycles. The predicted molar refractivity (Wildman–Crippen MR) is 125 cm³/mol. The lowest BCUT2D eigenvalue weighted by Crippen LogP contribution is -2.12. The van der Waals surface area contributed by atoms with Gasteiger partial charge < -0.3 is 9.47 Å². The average molecular weight is 410 g/mol. The summed E-state index contributed by atoms with van der Waals surface area (Å²) in [5.41, 5.74) is 3.33. The minimum Gasteiger partial charge on any atom is -0.494 e. The first-order valence-corrected chi connectivity index (χ1v) is 12.2. The molecule has 3 rings (SSSR count). The van der Waals surface area contributed by atoms with Gasteiger partial charge in [0.15, 0.2) is 0 Å². The number of hydrogen-bond donors (Lipinski definition) is 0. The number of rotatable bonds is 14. The van der Waals surface area contributed by atoms with Crippen LogP contribution in [0.1, 0.15) is 90.0 Å². The number of unbranched alkanes of at least 4 members (excludes halogenated alkanes) is 8. The zero-order chi connectivity index (χ0) is 21.0. The summed E-state index contributed by atoms with van der Waals surface area (Å²) in [6.07, 6.45) is 15.3. The van der Waals surface area contributed by atoms with E-state index in [0.29, 0.717) is 6.10 Å². The third-order valence-corrected chi connectivity index (χ3v) is 5.96. The maximum absolute atomic E-state index is 6.14. The van der Waals surface area contributed by atoms with Crippen LogP contribution in [-0.2, 0) is 6.42 Å². The summed E-state index contributed by atoms with van der Waals surface area (Å²) in [7, 11) is 0. The van der Waals surface area contributed by atoms with Crippen molar-refractivity contribution >= 4 is 0 Å². The molecule has 1 aliphatic heterocycles. The standard InChI is InChI=1S/C27H39NO2/c1-3-5-7-9-10-12-20-29-24-17-14-22(15-18-24)26-19-16-23-21-25(30-27(23)28-26)13-11-8-6-4-2/h14-19,25H,3-13,20-21H2,1-2H3/t25-/m1/s1. The van der Waals surface area contributed by atoms with Crippen LogP contribution >= 0.6 is 0 Å². The Morgan fingerprint density at radius 1 is 0.833 bits per heavy atom. The highest BCUT2D eigenvalue weighted by Gasteiger charge is 2.24. The Balaban J connectivity index is 1.45. The third kappa shape index (κ3) is 7.04. The molecule has 1 aromatic heterocycles. The van der Waals surface area contributed by atoms with Crippen LogP contribution < -0.4 is 9.47 Å². The first-order chi connectivity index (χ1) is 14.8. The Morgan fingerprint density at radius 2 is 1.53 bits per heavy atom. The molecule has 3 heteroatoms. The molecule has 0 amide bonds. The highest BCUT2D eigenvalue weighted by atomic mass is 16.5. The lowest BCUT2D eigenvalue weighted by molar-refractivity contribution is 0.210. The van der Waals surface area contributed by atoms with Crippen molar-refractivity contribution in [2.75, 3.05) is 6.61 Å². The molecule has 2 aromatic rings. The van der Waals surface area contributed by atoms with Gasteiger partial charge >= 0.3 is 0 Å². The maximum atomic E-state index is 6.14. The maximum Gasteiger partial charge on any atom is 0.217 e. The zero-order valence-electron chi connectivity index (χ0n) is 19.0. The normalized spacial score (nSPS) is 15.1. The van der Waals surface area contributed by atoms with Gasteiger partial charge in [0.1, 0.15) is 11.9 Å². The van der Waals surface area contributed by atoms with E-state index in [1.807, 2.05) is 0 Å². The molecule has 30 heavy (non-hydrogen) atoms. The Bertz CT molecular complexity index is 741. The third-order valence-electron chi connectivity index (χ3n) is 5.96. The monoisotopic (exact) mass is 409 g/mol. The summed E-state index contributed by atoms with van der Waals surface area (Å²) in [6, 6.07) is 12.6. The van der Waals surface area contributed by atoms with Crippen molar-refractivity contribution < 1.29 is 9.47 Å². The predicted octanol–water partition coefficient (Wildman–Crippen LogP) is 7.76. The first kappa shape index (κ1) is 22.7. The molecule has 0 bridgehead atoms. The van der Waals surface area contributed by atoms with E-state index in [1.165, 1.54) is 63.4 Å². The zero-order valence-corrected chi connectivity index (χ0v) is 19.0. The largest absolute Gasteiger partial charge is 0.494 e. The Morgan fingerprint density at radius 3 is 2.30 bits per heavy atom. The van der Waals surface area contributed by atoms with Crippen molar-refractivity contribution in [2.24, 2.45) is 0 Å². The molecule has 0 N–H and O–H groups in total. The molecule has 0 spiro atoms. The second kappa shape index (κ2) is 12.6. The minimum absolute atomic E-state index is 0.303. The minimum atomic E-state index is 0.303. The summed E-state index contributed by atoms with van der Waals surface area (Å²) in [5, 5.41) is 0. The van der Waals surface area contributed by atoms with Crippen LogP contribution in [0.15, 0.2) is 36.4 Å². The molecule has 0 unspecified atom stereocenters. The summed E-state index contributed by atoms with van der Waals surface area (Å²) >= 11 is 0. The summed E-state index contributed by atoms with van der Waals surface area (Å²) in [4.78, 5) is 4.80. The Kier molecular flexibility index (Phi) is 9.53. The van der Waals surface area contributed by atoms with Crippen molar-refractivity contribution in [1.29, 1.82) is 0 Å². The van der Waals surface area contributed by atoms with E-state index in [1.54, 1.807) is 0 Å². The molecule has 0 fully saturated rings. The molecule has 1 aromatic carbocycles. The van der Waals surface area contributed by atoms with Gasteiger partial charge in [0.25, 0.3) is 0 Å². The summed E-state index contributed by atoms with van der Waals surface area (Å²) in [5.74, 6) is 1.77. The van der Waals surface area contributed by atoms with E-state index in [2.05, 4.69) is 50.2 Å². The molecule has 1 atom stereocenters. The van der Waals surface area contributed by atoms with Crippen LogP contribution in [-0.4, -0.2) is 17.7 Å². The van der Waals surface area contributed by atoms with Crippen molar-refractivity contribution in [2.45, 2.75) is 97.0 Å². The molecule has 0 saturated heterocycles. The Hall–Kier alpha value is -2.03. The van der Waals surface area contributed by atoms with Crippen LogP contribution in [0.3, 0.4) is 0 Å². The lowest BCUT2D eigenvalue weighted by Gasteiger charge is -2.10. The summed E-state index contributed by atoms with van der Waals surface area (Å²) < 4.78 is 12.0. The second-order valence-electron chi connectivity index (χ2n) is 8.59. The number of benzene rings is 1. The van der Waals surface area contributed by atoms with Crippen LogP contribution in [0.4, 0.5) is 0 Å². The van der Waals surface area contributed by atoms with E-state index < -0.39 is 0 Å². The summed E-state index contributed by atoms with van der Waals surface area (Å²) in [6.45, 7) is 5.31. The number of aromatic nitrogens is 1. The van der Waals surface area contributed by atoms with E-state index in [4.69, 9.17) is 14.5 Å². The van der Waals surface area contributed by atoms with E-state index in [0.717, 1.165) is 48.8 Å². The van der Waals surface area contributed by atoms with Crippen molar-refractivity contribution in [3.8, 4) is 22.9 Å². The Labute approximate surface area is 183 Å². The molecule has 0 saturated carbocycles. The van der Waals surface area contributed by atoms with Gasteiger partial charge in [-0.1, -0.05) is 71.3 Å². The number of fused-ring (bicyclic) bond motifs is 1. The molecule has 1 aliphatic rings. The van der Waals surface area contributed by atoms with Crippen LogP contribution in [0.25, 0.3) is 11.3 Å². The fraction of sp³-hybridized carbons (Fsp3) is 0.593. The van der Waals surface area contributed by atoms with Gasteiger partial charge in [0.05, 0.1) is 12.3 Å².